The van der Waals surface area contributed by atoms with Crippen LogP contribution in [0.2, 0.25) is 5.02 Å². The summed E-state index contributed by atoms with van der Waals surface area (Å²) < 4.78 is 5.39. The fourth-order valence-electron chi connectivity index (χ4n) is 3.15. The van der Waals surface area contributed by atoms with Crippen molar-refractivity contribution in [3.05, 3.63) is 34.9 Å². The van der Waals surface area contributed by atoms with Gasteiger partial charge in [0.2, 0.25) is 0 Å². The van der Waals surface area contributed by atoms with Gasteiger partial charge in [-0.3, -0.25) is 4.79 Å². The first-order valence-electron chi connectivity index (χ1n) is 7.54. The monoisotopic (exact) mass is 322 g/mol. The Morgan fingerprint density at radius 2 is 2.23 bits per heavy atom. The Morgan fingerprint density at radius 1 is 1.41 bits per heavy atom. The molecule has 6 heteroatoms. The summed E-state index contributed by atoms with van der Waals surface area (Å²) in [4.78, 5) is 25.0. The summed E-state index contributed by atoms with van der Waals surface area (Å²) in [5, 5.41) is 0.680. The molecule has 2 amide bonds. The van der Waals surface area contributed by atoms with E-state index in [1.165, 1.54) is 0 Å². The first-order chi connectivity index (χ1) is 10.6. The van der Waals surface area contributed by atoms with E-state index >= 15 is 0 Å². The largest absolute Gasteiger partial charge is 0.463 e. The van der Waals surface area contributed by atoms with Gasteiger partial charge < -0.3 is 15.4 Å². The van der Waals surface area contributed by atoms with Crippen molar-refractivity contribution in [2.24, 2.45) is 11.7 Å². The SMILES string of the molecule is NC(=O)N1CCCC1COC(=O)C1CC1c1cccc(Cl)c1. The molecule has 22 heavy (non-hydrogen) atoms. The summed E-state index contributed by atoms with van der Waals surface area (Å²) in [6, 6.07) is 7.06. The van der Waals surface area contributed by atoms with Crippen LogP contribution in [0.25, 0.3) is 0 Å². The zero-order chi connectivity index (χ0) is 15.7. The zero-order valence-corrected chi connectivity index (χ0v) is 13.0. The number of carbonyl (C=O) groups is 2. The van der Waals surface area contributed by atoms with Crippen LogP contribution in [0.4, 0.5) is 4.79 Å². The van der Waals surface area contributed by atoms with Crippen LogP contribution >= 0.6 is 11.6 Å². The molecule has 3 unspecified atom stereocenters. The van der Waals surface area contributed by atoms with Crippen molar-refractivity contribution in [2.75, 3.05) is 13.2 Å². The summed E-state index contributed by atoms with van der Waals surface area (Å²) in [6.45, 7) is 0.882. The Hall–Kier alpha value is -1.75. The van der Waals surface area contributed by atoms with E-state index in [2.05, 4.69) is 0 Å². The third kappa shape index (κ3) is 3.19. The lowest BCUT2D eigenvalue weighted by Crippen LogP contribution is -2.42. The van der Waals surface area contributed by atoms with Gasteiger partial charge in [0.1, 0.15) is 6.61 Å². The van der Waals surface area contributed by atoms with Gasteiger partial charge in [0.25, 0.3) is 0 Å². The van der Waals surface area contributed by atoms with Crippen LogP contribution in [-0.2, 0) is 9.53 Å². The number of nitrogens with two attached hydrogens (primary N) is 1. The smallest absolute Gasteiger partial charge is 0.315 e. The number of esters is 1. The molecule has 1 saturated heterocycles. The topological polar surface area (TPSA) is 72.6 Å². The summed E-state index contributed by atoms with van der Waals surface area (Å²) in [5.74, 6) is -0.0924. The second-order valence-electron chi connectivity index (χ2n) is 5.96. The van der Waals surface area contributed by atoms with E-state index in [1.807, 2.05) is 24.3 Å². The highest BCUT2D eigenvalue weighted by atomic mass is 35.5. The van der Waals surface area contributed by atoms with E-state index in [1.54, 1.807) is 4.90 Å². The van der Waals surface area contributed by atoms with Gasteiger partial charge in [-0.05, 0) is 42.9 Å². The van der Waals surface area contributed by atoms with E-state index in [0.29, 0.717) is 11.6 Å². The minimum atomic E-state index is -0.443. The number of benzene rings is 1. The maximum atomic E-state index is 12.1. The zero-order valence-electron chi connectivity index (χ0n) is 12.2. The summed E-state index contributed by atoms with van der Waals surface area (Å²) in [7, 11) is 0. The van der Waals surface area contributed by atoms with Crippen molar-refractivity contribution in [1.29, 1.82) is 0 Å². The van der Waals surface area contributed by atoms with Gasteiger partial charge in [0.15, 0.2) is 0 Å². The molecule has 2 N–H and O–H groups in total. The molecule has 0 aromatic heterocycles. The molecule has 2 fully saturated rings. The van der Waals surface area contributed by atoms with Crippen LogP contribution in [-0.4, -0.2) is 36.1 Å². The number of hydrogen-bond donors (Lipinski definition) is 1. The second kappa shape index (κ2) is 6.16. The highest BCUT2D eigenvalue weighted by Gasteiger charge is 2.45. The molecule has 2 aliphatic rings. The number of amides is 2. The minimum absolute atomic E-state index is 0.0789. The fraction of sp³-hybridized carbons (Fsp3) is 0.500. The Kier molecular flexibility index (Phi) is 4.25. The van der Waals surface area contributed by atoms with Crippen LogP contribution < -0.4 is 5.73 Å². The average molecular weight is 323 g/mol. The molecular weight excluding hydrogens is 304 g/mol. The highest BCUT2D eigenvalue weighted by Crippen LogP contribution is 2.48. The molecule has 3 rings (SSSR count). The molecule has 0 bridgehead atoms. The van der Waals surface area contributed by atoms with Gasteiger partial charge in [0, 0.05) is 11.6 Å². The fourth-order valence-corrected chi connectivity index (χ4v) is 3.34. The molecule has 1 heterocycles. The van der Waals surface area contributed by atoms with E-state index in [-0.39, 0.29) is 30.5 Å². The predicted molar refractivity (Wildman–Crippen MR) is 82.6 cm³/mol. The molecule has 3 atom stereocenters. The molecular formula is C16H19ClN2O3. The summed E-state index contributed by atoms with van der Waals surface area (Å²) >= 11 is 5.97. The Balaban J connectivity index is 1.51. The minimum Gasteiger partial charge on any atom is -0.463 e. The maximum Gasteiger partial charge on any atom is 0.315 e. The number of likely N-dealkylation sites (tertiary alicyclic amines) is 1. The van der Waals surface area contributed by atoms with E-state index in [9.17, 15) is 9.59 Å². The van der Waals surface area contributed by atoms with E-state index < -0.39 is 6.03 Å². The molecule has 1 saturated carbocycles. The quantitative estimate of drug-likeness (QED) is 0.866. The van der Waals surface area contributed by atoms with Crippen LogP contribution in [0.5, 0.6) is 0 Å². The maximum absolute atomic E-state index is 12.1. The van der Waals surface area contributed by atoms with Crippen molar-refractivity contribution in [3.63, 3.8) is 0 Å². The molecule has 1 aliphatic carbocycles. The number of carbonyl (C=O) groups excluding carboxylic acids is 2. The van der Waals surface area contributed by atoms with Gasteiger partial charge in [-0.15, -0.1) is 0 Å². The molecule has 5 nitrogen and oxygen atoms in total. The van der Waals surface area contributed by atoms with Gasteiger partial charge in [0.05, 0.1) is 12.0 Å². The van der Waals surface area contributed by atoms with Crippen molar-refractivity contribution in [3.8, 4) is 0 Å². The Morgan fingerprint density at radius 3 is 2.95 bits per heavy atom. The third-order valence-electron chi connectivity index (χ3n) is 4.45. The number of nitrogens with zero attached hydrogens (tertiary/aromatic N) is 1. The number of rotatable bonds is 4. The highest BCUT2D eigenvalue weighted by molar-refractivity contribution is 6.30. The predicted octanol–water partition coefficient (Wildman–Crippen LogP) is 2.53. The van der Waals surface area contributed by atoms with Crippen LogP contribution in [0.15, 0.2) is 24.3 Å². The first kappa shape index (κ1) is 15.2. The molecule has 118 valence electrons. The lowest BCUT2D eigenvalue weighted by molar-refractivity contribution is -0.146. The second-order valence-corrected chi connectivity index (χ2v) is 6.40. The van der Waals surface area contributed by atoms with Crippen molar-refractivity contribution < 1.29 is 14.3 Å². The molecule has 0 spiro atoms. The lowest BCUT2D eigenvalue weighted by Gasteiger charge is -2.22. The molecule has 0 radical (unpaired) electrons. The van der Waals surface area contributed by atoms with Gasteiger partial charge in [-0.1, -0.05) is 23.7 Å². The molecule has 1 aromatic carbocycles. The summed E-state index contributed by atoms with van der Waals surface area (Å²) in [6.07, 6.45) is 2.53. The van der Waals surface area contributed by atoms with Gasteiger partial charge >= 0.3 is 12.0 Å². The van der Waals surface area contributed by atoms with Crippen molar-refractivity contribution in [2.45, 2.75) is 31.2 Å². The van der Waals surface area contributed by atoms with Gasteiger partial charge in [-0.2, -0.15) is 0 Å². The van der Waals surface area contributed by atoms with Crippen LogP contribution in [0.3, 0.4) is 0 Å². The molecule has 1 aromatic rings. The third-order valence-corrected chi connectivity index (χ3v) is 4.68. The van der Waals surface area contributed by atoms with Crippen molar-refractivity contribution in [1.82, 2.24) is 4.90 Å². The number of ether oxygens (including phenoxy) is 1. The first-order valence-corrected chi connectivity index (χ1v) is 7.92. The van der Waals surface area contributed by atoms with Gasteiger partial charge in [-0.25, -0.2) is 4.79 Å². The average Bonchev–Trinajstić information content (AvgIpc) is 3.15. The Labute approximate surface area is 134 Å². The van der Waals surface area contributed by atoms with E-state index in [0.717, 1.165) is 24.8 Å². The van der Waals surface area contributed by atoms with E-state index in [4.69, 9.17) is 22.1 Å². The van der Waals surface area contributed by atoms with Crippen LogP contribution in [0.1, 0.15) is 30.7 Å². The standard InChI is InChI=1S/C16H19ClN2O3/c17-11-4-1-3-10(7-11)13-8-14(13)15(20)22-9-12-5-2-6-19(12)16(18)21/h1,3-4,7,12-14H,2,5-6,8-9H2,(H2,18,21). The summed E-state index contributed by atoms with van der Waals surface area (Å²) in [5.41, 5.74) is 6.39. The number of halogens is 1. The lowest BCUT2D eigenvalue weighted by atomic mass is 10.1. The van der Waals surface area contributed by atoms with Crippen LogP contribution in [0, 0.1) is 5.92 Å². The van der Waals surface area contributed by atoms with Crippen molar-refractivity contribution >= 4 is 23.6 Å². The number of primary amides is 1. The number of hydrogen-bond acceptors (Lipinski definition) is 3. The normalized spacial score (nSPS) is 26.8. The number of urea groups is 1. The molecule has 1 aliphatic heterocycles. The Bertz CT molecular complexity index is 593.